The third kappa shape index (κ3) is 3.37. The fourth-order valence-electron chi connectivity index (χ4n) is 4.97. The second-order valence-electron chi connectivity index (χ2n) is 8.35. The van der Waals surface area contributed by atoms with Gasteiger partial charge in [0.15, 0.2) is 5.78 Å². The normalized spacial score (nSPS) is 19.4. The van der Waals surface area contributed by atoms with Gasteiger partial charge >= 0.3 is 0 Å². The SMILES string of the molecule is COc1ccccc1C(=O)C1CC(c2ccccc2)(c2ccccc2)C1C=C(C)C. The van der Waals surface area contributed by atoms with Crippen LogP contribution in [0.5, 0.6) is 5.75 Å². The molecule has 3 aromatic carbocycles. The highest BCUT2D eigenvalue weighted by Crippen LogP contribution is 2.58. The van der Waals surface area contributed by atoms with Crippen molar-refractivity contribution in [3.63, 3.8) is 0 Å². The van der Waals surface area contributed by atoms with Gasteiger partial charge in [-0.25, -0.2) is 0 Å². The van der Waals surface area contributed by atoms with Gasteiger partial charge in [0.2, 0.25) is 0 Å². The molecule has 0 bridgehead atoms. The number of allylic oxidation sites excluding steroid dienone is 2. The topological polar surface area (TPSA) is 26.3 Å². The molecule has 0 N–H and O–H groups in total. The molecule has 0 aliphatic heterocycles. The number of methoxy groups -OCH3 is 1. The number of ether oxygens (including phenoxy) is 1. The monoisotopic (exact) mass is 396 g/mol. The van der Waals surface area contributed by atoms with E-state index in [0.717, 1.165) is 6.42 Å². The molecule has 2 nitrogen and oxygen atoms in total. The van der Waals surface area contributed by atoms with E-state index in [1.54, 1.807) is 7.11 Å². The van der Waals surface area contributed by atoms with E-state index in [2.05, 4.69) is 68.5 Å². The van der Waals surface area contributed by atoms with Gasteiger partial charge in [0.1, 0.15) is 5.75 Å². The van der Waals surface area contributed by atoms with Crippen molar-refractivity contribution in [1.29, 1.82) is 0 Å². The lowest BCUT2D eigenvalue weighted by Gasteiger charge is -2.55. The van der Waals surface area contributed by atoms with E-state index >= 15 is 0 Å². The number of hydrogen-bond donors (Lipinski definition) is 0. The first kappa shape index (κ1) is 20.2. The van der Waals surface area contributed by atoms with E-state index in [4.69, 9.17) is 4.74 Å². The molecule has 1 aliphatic rings. The Morgan fingerprint density at radius 2 is 1.40 bits per heavy atom. The van der Waals surface area contributed by atoms with E-state index in [1.165, 1.54) is 16.7 Å². The zero-order valence-corrected chi connectivity index (χ0v) is 17.8. The van der Waals surface area contributed by atoms with Crippen LogP contribution in [-0.2, 0) is 5.41 Å². The summed E-state index contributed by atoms with van der Waals surface area (Å²) in [4.78, 5) is 13.6. The molecule has 2 unspecified atom stereocenters. The molecule has 2 atom stereocenters. The zero-order chi connectivity index (χ0) is 21.1. The first-order valence-corrected chi connectivity index (χ1v) is 10.5. The van der Waals surface area contributed by atoms with Crippen LogP contribution in [0.1, 0.15) is 41.8 Å². The van der Waals surface area contributed by atoms with Crippen molar-refractivity contribution in [3.05, 3.63) is 113 Å². The quantitative estimate of drug-likeness (QED) is 0.353. The van der Waals surface area contributed by atoms with Crippen LogP contribution >= 0.6 is 0 Å². The Morgan fingerprint density at radius 3 is 1.93 bits per heavy atom. The van der Waals surface area contributed by atoms with Crippen molar-refractivity contribution in [1.82, 2.24) is 0 Å². The second-order valence-corrected chi connectivity index (χ2v) is 8.35. The summed E-state index contributed by atoms with van der Waals surface area (Å²) in [6, 6.07) is 28.8. The molecule has 0 spiro atoms. The van der Waals surface area contributed by atoms with Gasteiger partial charge in [-0.2, -0.15) is 0 Å². The lowest BCUT2D eigenvalue weighted by Crippen LogP contribution is -2.54. The summed E-state index contributed by atoms with van der Waals surface area (Å²) in [6.45, 7) is 4.23. The number of carbonyl (C=O) groups excluding carboxylic acids is 1. The Labute approximate surface area is 179 Å². The summed E-state index contributed by atoms with van der Waals surface area (Å²) < 4.78 is 5.49. The minimum Gasteiger partial charge on any atom is -0.496 e. The number of hydrogen-bond acceptors (Lipinski definition) is 2. The van der Waals surface area contributed by atoms with Gasteiger partial charge in [0, 0.05) is 17.3 Å². The summed E-state index contributed by atoms with van der Waals surface area (Å²) in [5, 5.41) is 0. The maximum Gasteiger partial charge on any atom is 0.170 e. The average molecular weight is 397 g/mol. The number of carbonyl (C=O) groups is 1. The van der Waals surface area contributed by atoms with Crippen LogP contribution < -0.4 is 4.74 Å². The van der Waals surface area contributed by atoms with E-state index in [0.29, 0.717) is 11.3 Å². The Balaban J connectivity index is 1.83. The first-order chi connectivity index (χ1) is 14.6. The summed E-state index contributed by atoms with van der Waals surface area (Å²) in [7, 11) is 1.62. The van der Waals surface area contributed by atoms with Crippen molar-refractivity contribution in [2.75, 3.05) is 7.11 Å². The van der Waals surface area contributed by atoms with Crippen molar-refractivity contribution < 1.29 is 9.53 Å². The van der Waals surface area contributed by atoms with Crippen LogP contribution in [0.4, 0.5) is 0 Å². The number of ketones is 1. The van der Waals surface area contributed by atoms with Crippen LogP contribution in [0.3, 0.4) is 0 Å². The van der Waals surface area contributed by atoms with E-state index in [-0.39, 0.29) is 23.0 Å². The summed E-state index contributed by atoms with van der Waals surface area (Å²) >= 11 is 0. The summed E-state index contributed by atoms with van der Waals surface area (Å²) in [5.41, 5.74) is 4.23. The number of Topliss-reactive ketones (excluding diaryl/α,β-unsaturated/α-hetero) is 1. The predicted molar refractivity (Wildman–Crippen MR) is 122 cm³/mol. The second kappa shape index (κ2) is 8.31. The van der Waals surface area contributed by atoms with Gasteiger partial charge in [-0.3, -0.25) is 4.79 Å². The van der Waals surface area contributed by atoms with Crippen LogP contribution in [-0.4, -0.2) is 12.9 Å². The van der Waals surface area contributed by atoms with Gasteiger partial charge < -0.3 is 4.74 Å². The Morgan fingerprint density at radius 1 is 0.867 bits per heavy atom. The highest BCUT2D eigenvalue weighted by atomic mass is 16.5. The highest BCUT2D eigenvalue weighted by molar-refractivity contribution is 6.01. The third-order valence-electron chi connectivity index (χ3n) is 6.34. The van der Waals surface area contributed by atoms with Crippen LogP contribution in [0.25, 0.3) is 0 Å². The number of rotatable bonds is 6. The van der Waals surface area contributed by atoms with Crippen LogP contribution in [0.15, 0.2) is 96.6 Å². The molecule has 1 fully saturated rings. The molecule has 0 aromatic heterocycles. The summed E-state index contributed by atoms with van der Waals surface area (Å²) in [6.07, 6.45) is 3.08. The van der Waals surface area contributed by atoms with E-state index < -0.39 is 0 Å². The molecule has 152 valence electrons. The molecule has 3 aromatic rings. The smallest absolute Gasteiger partial charge is 0.170 e. The first-order valence-electron chi connectivity index (χ1n) is 10.5. The average Bonchev–Trinajstić information content (AvgIpc) is 2.78. The van der Waals surface area contributed by atoms with E-state index in [9.17, 15) is 4.79 Å². The van der Waals surface area contributed by atoms with Gasteiger partial charge in [0.25, 0.3) is 0 Å². The fourth-order valence-corrected chi connectivity index (χ4v) is 4.97. The Kier molecular flexibility index (Phi) is 5.59. The number of para-hydroxylation sites is 1. The minimum atomic E-state index is -0.206. The number of benzene rings is 3. The third-order valence-corrected chi connectivity index (χ3v) is 6.34. The summed E-state index contributed by atoms with van der Waals surface area (Å²) in [5.74, 6) is 0.814. The molecule has 0 radical (unpaired) electrons. The molecule has 1 aliphatic carbocycles. The maximum atomic E-state index is 13.6. The molecule has 30 heavy (non-hydrogen) atoms. The van der Waals surface area contributed by atoms with Gasteiger partial charge in [0.05, 0.1) is 12.7 Å². The zero-order valence-electron chi connectivity index (χ0n) is 17.8. The van der Waals surface area contributed by atoms with Crippen LogP contribution in [0, 0.1) is 11.8 Å². The largest absolute Gasteiger partial charge is 0.496 e. The predicted octanol–water partition coefficient (Wildman–Crippen LogP) is 6.47. The lowest BCUT2D eigenvalue weighted by molar-refractivity contribution is 0.0595. The standard InChI is InChI=1S/C28H28O2/c1-20(2)18-25-24(27(29)23-16-10-11-17-26(23)30-3)19-28(25,21-12-6-4-7-13-21)22-14-8-5-9-15-22/h4-18,24-25H,19H2,1-3H3. The Bertz CT molecular complexity index is 1010. The van der Waals surface area contributed by atoms with Gasteiger partial charge in [-0.1, -0.05) is 84.4 Å². The van der Waals surface area contributed by atoms with Crippen molar-refractivity contribution >= 4 is 5.78 Å². The lowest BCUT2D eigenvalue weighted by atomic mass is 9.47. The van der Waals surface area contributed by atoms with Crippen LogP contribution in [0.2, 0.25) is 0 Å². The highest BCUT2D eigenvalue weighted by Gasteiger charge is 2.57. The molecule has 0 saturated heterocycles. The molecule has 2 heteroatoms. The van der Waals surface area contributed by atoms with E-state index in [1.807, 2.05) is 36.4 Å². The molecular formula is C28H28O2. The van der Waals surface area contributed by atoms with Gasteiger partial charge in [-0.05, 0) is 43.5 Å². The molecule has 1 saturated carbocycles. The van der Waals surface area contributed by atoms with Crippen molar-refractivity contribution in [3.8, 4) is 5.75 Å². The molecule has 0 amide bonds. The van der Waals surface area contributed by atoms with Crippen molar-refractivity contribution in [2.24, 2.45) is 11.8 Å². The fraction of sp³-hybridized carbons (Fsp3) is 0.250. The minimum absolute atomic E-state index is 0.0865. The van der Waals surface area contributed by atoms with Gasteiger partial charge in [-0.15, -0.1) is 0 Å². The molecule has 0 heterocycles. The maximum absolute atomic E-state index is 13.6. The Hall–Kier alpha value is -3.13. The molecule has 4 rings (SSSR count). The molecular weight excluding hydrogens is 368 g/mol. The van der Waals surface area contributed by atoms with Crippen molar-refractivity contribution in [2.45, 2.75) is 25.7 Å².